The second-order valence-electron chi connectivity index (χ2n) is 3.29. The number of carbonyl (C=O) groups excluding carboxylic acids is 3. The van der Waals surface area contributed by atoms with Crippen LogP contribution in [0.4, 0.5) is 0 Å². The molecule has 0 aliphatic carbocycles. The standard InChI is InChI=1S/C10H15NO5S/c1-2-15-5-6-17-7-10(14)16-11-8(12)3-4-9(11)13/h2-7H2,1H3. The Morgan fingerprint density at radius 1 is 1.35 bits per heavy atom. The monoisotopic (exact) mass is 261 g/mol. The molecule has 0 radical (unpaired) electrons. The number of thioether (sulfide) groups is 1. The van der Waals surface area contributed by atoms with Gasteiger partial charge in [-0.2, -0.15) is 0 Å². The summed E-state index contributed by atoms with van der Waals surface area (Å²) in [7, 11) is 0. The van der Waals surface area contributed by atoms with Gasteiger partial charge in [-0.15, -0.1) is 16.8 Å². The van der Waals surface area contributed by atoms with Crippen molar-refractivity contribution in [2.45, 2.75) is 19.8 Å². The van der Waals surface area contributed by atoms with Gasteiger partial charge in [0.25, 0.3) is 11.8 Å². The summed E-state index contributed by atoms with van der Waals surface area (Å²) in [6.45, 7) is 3.10. The molecule has 0 saturated carbocycles. The van der Waals surface area contributed by atoms with Crippen LogP contribution in [-0.4, -0.2) is 47.6 Å². The number of rotatable bonds is 7. The van der Waals surface area contributed by atoms with Crippen molar-refractivity contribution < 1.29 is 24.0 Å². The Morgan fingerprint density at radius 2 is 2.00 bits per heavy atom. The van der Waals surface area contributed by atoms with Crippen LogP contribution < -0.4 is 0 Å². The predicted molar refractivity (Wildman–Crippen MR) is 61.0 cm³/mol. The molecule has 0 aromatic rings. The number of hydroxylamine groups is 2. The molecule has 1 aliphatic rings. The van der Waals surface area contributed by atoms with Crippen LogP contribution in [0.2, 0.25) is 0 Å². The highest BCUT2D eigenvalue weighted by atomic mass is 32.2. The van der Waals surface area contributed by atoms with E-state index in [1.807, 2.05) is 6.92 Å². The van der Waals surface area contributed by atoms with Crippen LogP contribution in [-0.2, 0) is 24.0 Å². The molecule has 1 rings (SSSR count). The number of amides is 2. The van der Waals surface area contributed by atoms with Crippen LogP contribution in [0, 0.1) is 0 Å². The zero-order chi connectivity index (χ0) is 12.7. The molecule has 96 valence electrons. The highest BCUT2D eigenvalue weighted by molar-refractivity contribution is 7.99. The first-order chi connectivity index (χ1) is 8.15. The van der Waals surface area contributed by atoms with Gasteiger partial charge < -0.3 is 9.57 Å². The number of hydrogen-bond donors (Lipinski definition) is 0. The molecule has 1 heterocycles. The van der Waals surface area contributed by atoms with E-state index in [1.54, 1.807) is 0 Å². The average Bonchev–Trinajstić information content (AvgIpc) is 2.60. The fourth-order valence-corrected chi connectivity index (χ4v) is 1.80. The van der Waals surface area contributed by atoms with Crippen LogP contribution >= 0.6 is 11.8 Å². The number of carbonyl (C=O) groups is 3. The van der Waals surface area contributed by atoms with Crippen LogP contribution in [0.5, 0.6) is 0 Å². The summed E-state index contributed by atoms with van der Waals surface area (Å²) in [4.78, 5) is 38.2. The lowest BCUT2D eigenvalue weighted by Crippen LogP contribution is -2.32. The van der Waals surface area contributed by atoms with Crippen molar-refractivity contribution in [3.8, 4) is 0 Å². The molecular weight excluding hydrogens is 246 g/mol. The molecule has 6 nitrogen and oxygen atoms in total. The van der Waals surface area contributed by atoms with Crippen molar-refractivity contribution in [1.82, 2.24) is 5.06 Å². The molecule has 17 heavy (non-hydrogen) atoms. The van der Waals surface area contributed by atoms with Crippen molar-refractivity contribution in [2.75, 3.05) is 24.7 Å². The summed E-state index contributed by atoms with van der Waals surface area (Å²) in [5.41, 5.74) is 0. The highest BCUT2D eigenvalue weighted by Crippen LogP contribution is 2.13. The van der Waals surface area contributed by atoms with E-state index in [0.29, 0.717) is 24.0 Å². The molecule has 7 heteroatoms. The van der Waals surface area contributed by atoms with Gasteiger partial charge in [0.1, 0.15) is 0 Å². The van der Waals surface area contributed by atoms with E-state index in [9.17, 15) is 14.4 Å². The fourth-order valence-electron chi connectivity index (χ4n) is 1.20. The molecule has 0 aromatic carbocycles. The lowest BCUT2D eigenvalue weighted by atomic mass is 10.4. The molecule has 2 amide bonds. The maximum absolute atomic E-state index is 11.3. The summed E-state index contributed by atoms with van der Waals surface area (Å²) in [5.74, 6) is -0.727. The van der Waals surface area contributed by atoms with Gasteiger partial charge in [0, 0.05) is 25.2 Å². The first kappa shape index (κ1) is 14.0. The molecule has 0 unspecified atom stereocenters. The van der Waals surface area contributed by atoms with E-state index in [2.05, 4.69) is 4.84 Å². The van der Waals surface area contributed by atoms with Crippen molar-refractivity contribution in [1.29, 1.82) is 0 Å². The Morgan fingerprint density at radius 3 is 2.59 bits per heavy atom. The van der Waals surface area contributed by atoms with Gasteiger partial charge in [-0.05, 0) is 6.92 Å². The Hall–Kier alpha value is -1.08. The van der Waals surface area contributed by atoms with Gasteiger partial charge in [-0.1, -0.05) is 0 Å². The number of imide groups is 1. The zero-order valence-electron chi connectivity index (χ0n) is 9.64. The Balaban J connectivity index is 2.16. The van der Waals surface area contributed by atoms with Crippen molar-refractivity contribution in [3.05, 3.63) is 0 Å². The Bertz CT molecular complexity index is 291. The third-order valence-corrected chi connectivity index (χ3v) is 2.89. The second-order valence-corrected chi connectivity index (χ2v) is 4.40. The molecule has 0 aromatic heterocycles. The van der Waals surface area contributed by atoms with E-state index in [4.69, 9.17) is 4.74 Å². The largest absolute Gasteiger partial charge is 0.381 e. The Labute approximate surface area is 104 Å². The number of hydrogen-bond acceptors (Lipinski definition) is 6. The van der Waals surface area contributed by atoms with Gasteiger partial charge >= 0.3 is 5.97 Å². The smallest absolute Gasteiger partial charge is 0.342 e. The quantitative estimate of drug-likeness (QED) is 0.487. The zero-order valence-corrected chi connectivity index (χ0v) is 10.5. The topological polar surface area (TPSA) is 72.9 Å². The van der Waals surface area contributed by atoms with E-state index in [0.717, 1.165) is 0 Å². The number of ether oxygens (including phenoxy) is 1. The molecule has 0 bridgehead atoms. The SMILES string of the molecule is CCOCCSCC(=O)ON1C(=O)CCC1=O. The normalized spacial score (nSPS) is 15.5. The molecule has 1 saturated heterocycles. The van der Waals surface area contributed by atoms with E-state index >= 15 is 0 Å². The molecule has 1 aliphatic heterocycles. The molecule has 1 fully saturated rings. The summed E-state index contributed by atoms with van der Waals surface area (Å²) in [6.07, 6.45) is 0.229. The maximum Gasteiger partial charge on any atom is 0.342 e. The molecule has 0 atom stereocenters. The van der Waals surface area contributed by atoms with Gasteiger partial charge in [0.15, 0.2) is 0 Å². The van der Waals surface area contributed by atoms with Crippen LogP contribution in [0.1, 0.15) is 19.8 Å². The maximum atomic E-state index is 11.3. The van der Waals surface area contributed by atoms with Gasteiger partial charge in [-0.3, -0.25) is 9.59 Å². The summed E-state index contributed by atoms with van der Waals surface area (Å²) in [6, 6.07) is 0. The van der Waals surface area contributed by atoms with Crippen molar-refractivity contribution >= 4 is 29.5 Å². The number of nitrogens with zero attached hydrogens (tertiary/aromatic N) is 1. The molecule has 0 N–H and O–H groups in total. The van der Waals surface area contributed by atoms with Crippen LogP contribution in [0.15, 0.2) is 0 Å². The van der Waals surface area contributed by atoms with Crippen molar-refractivity contribution in [3.63, 3.8) is 0 Å². The summed E-state index contributed by atoms with van der Waals surface area (Å²) < 4.78 is 5.09. The Kier molecular flexibility index (Phi) is 5.99. The predicted octanol–water partition coefficient (Wildman–Crippen LogP) is 0.363. The minimum atomic E-state index is -0.588. The summed E-state index contributed by atoms with van der Waals surface area (Å²) >= 11 is 1.34. The first-order valence-corrected chi connectivity index (χ1v) is 6.52. The lowest BCUT2D eigenvalue weighted by Gasteiger charge is -2.12. The van der Waals surface area contributed by atoms with E-state index in [-0.39, 0.29) is 18.6 Å². The molecule has 0 spiro atoms. The fraction of sp³-hybridized carbons (Fsp3) is 0.700. The minimum Gasteiger partial charge on any atom is -0.381 e. The summed E-state index contributed by atoms with van der Waals surface area (Å²) in [5, 5.41) is 0.561. The second kappa shape index (κ2) is 7.29. The molecular formula is C10H15NO5S. The third-order valence-electron chi connectivity index (χ3n) is 1.99. The van der Waals surface area contributed by atoms with Gasteiger partial charge in [0.2, 0.25) is 0 Å². The van der Waals surface area contributed by atoms with Gasteiger partial charge in [-0.25, -0.2) is 4.79 Å². The third kappa shape index (κ3) is 4.74. The minimum absolute atomic E-state index is 0.101. The lowest BCUT2D eigenvalue weighted by molar-refractivity contribution is -0.195. The van der Waals surface area contributed by atoms with Crippen molar-refractivity contribution in [2.24, 2.45) is 0 Å². The first-order valence-electron chi connectivity index (χ1n) is 5.37. The van der Waals surface area contributed by atoms with Crippen LogP contribution in [0.25, 0.3) is 0 Å². The van der Waals surface area contributed by atoms with E-state index < -0.39 is 17.8 Å². The highest BCUT2D eigenvalue weighted by Gasteiger charge is 2.32. The average molecular weight is 261 g/mol. The van der Waals surface area contributed by atoms with Gasteiger partial charge in [0.05, 0.1) is 12.4 Å². The van der Waals surface area contributed by atoms with E-state index in [1.165, 1.54) is 11.8 Å². The van der Waals surface area contributed by atoms with Crippen LogP contribution in [0.3, 0.4) is 0 Å².